The van der Waals surface area contributed by atoms with Gasteiger partial charge in [-0.3, -0.25) is 0 Å². The van der Waals surface area contributed by atoms with E-state index in [-0.39, 0.29) is 6.61 Å². The van der Waals surface area contributed by atoms with E-state index < -0.39 is 0 Å². The minimum atomic E-state index is 0.122. The van der Waals surface area contributed by atoms with Crippen molar-refractivity contribution < 1.29 is 5.11 Å². The van der Waals surface area contributed by atoms with E-state index in [1.807, 2.05) is 19.1 Å². The zero-order valence-corrected chi connectivity index (χ0v) is 8.26. The SMILES string of the molecule is C=C/C=C(Br)\C=C(\CC)CO. The van der Waals surface area contributed by atoms with Gasteiger partial charge in [0, 0.05) is 4.48 Å². The van der Waals surface area contributed by atoms with Crippen LogP contribution in [0.5, 0.6) is 0 Å². The summed E-state index contributed by atoms with van der Waals surface area (Å²) in [5.41, 5.74) is 1.01. The first-order valence-corrected chi connectivity index (χ1v) is 4.32. The Morgan fingerprint density at radius 3 is 2.64 bits per heavy atom. The van der Waals surface area contributed by atoms with Gasteiger partial charge in [0.15, 0.2) is 0 Å². The van der Waals surface area contributed by atoms with Crippen molar-refractivity contribution in [1.29, 1.82) is 0 Å². The van der Waals surface area contributed by atoms with Gasteiger partial charge in [0.1, 0.15) is 0 Å². The first-order valence-electron chi connectivity index (χ1n) is 3.53. The van der Waals surface area contributed by atoms with Crippen molar-refractivity contribution in [2.75, 3.05) is 6.61 Å². The van der Waals surface area contributed by atoms with E-state index in [0.29, 0.717) is 0 Å². The number of hydrogen-bond acceptors (Lipinski definition) is 1. The molecule has 0 aromatic carbocycles. The third kappa shape index (κ3) is 4.99. The Labute approximate surface area is 76.3 Å². The van der Waals surface area contributed by atoms with Gasteiger partial charge < -0.3 is 5.11 Å². The fourth-order valence-corrected chi connectivity index (χ4v) is 1.13. The maximum atomic E-state index is 8.80. The van der Waals surface area contributed by atoms with Crippen LogP contribution in [0.3, 0.4) is 0 Å². The molecule has 11 heavy (non-hydrogen) atoms. The lowest BCUT2D eigenvalue weighted by Crippen LogP contribution is -1.87. The van der Waals surface area contributed by atoms with Crippen LogP contribution < -0.4 is 0 Å². The number of aliphatic hydroxyl groups excluding tert-OH is 1. The van der Waals surface area contributed by atoms with Gasteiger partial charge in [-0.25, -0.2) is 0 Å². The summed E-state index contributed by atoms with van der Waals surface area (Å²) in [6, 6.07) is 0. The maximum Gasteiger partial charge on any atom is 0.0645 e. The summed E-state index contributed by atoms with van der Waals surface area (Å²) in [6.07, 6.45) is 6.31. The second kappa shape index (κ2) is 6.38. The van der Waals surface area contributed by atoms with E-state index in [2.05, 4.69) is 22.5 Å². The summed E-state index contributed by atoms with van der Waals surface area (Å²) < 4.78 is 0.943. The Morgan fingerprint density at radius 1 is 1.64 bits per heavy atom. The predicted octanol–water partition coefficient (Wildman–Crippen LogP) is 2.78. The largest absolute Gasteiger partial charge is 0.392 e. The summed E-state index contributed by atoms with van der Waals surface area (Å²) in [5.74, 6) is 0. The number of halogens is 1. The van der Waals surface area contributed by atoms with Crippen LogP contribution in [0.2, 0.25) is 0 Å². The number of hydrogen-bond donors (Lipinski definition) is 1. The van der Waals surface area contributed by atoms with Crippen molar-refractivity contribution in [3.8, 4) is 0 Å². The van der Waals surface area contributed by atoms with Crippen molar-refractivity contribution in [1.82, 2.24) is 0 Å². The first kappa shape index (κ1) is 10.7. The van der Waals surface area contributed by atoms with E-state index in [1.54, 1.807) is 6.08 Å². The molecule has 0 spiro atoms. The molecule has 1 N–H and O–H groups in total. The zero-order chi connectivity index (χ0) is 8.69. The van der Waals surface area contributed by atoms with Gasteiger partial charge in [-0.15, -0.1) is 0 Å². The average molecular weight is 217 g/mol. The predicted molar refractivity (Wildman–Crippen MR) is 52.7 cm³/mol. The van der Waals surface area contributed by atoms with Crippen LogP contribution in [0, 0.1) is 0 Å². The van der Waals surface area contributed by atoms with Crippen LogP contribution in [-0.4, -0.2) is 11.7 Å². The molecular formula is C9H13BrO. The van der Waals surface area contributed by atoms with Crippen LogP contribution in [0.4, 0.5) is 0 Å². The molecule has 0 aliphatic heterocycles. The zero-order valence-electron chi connectivity index (χ0n) is 6.68. The Hall–Kier alpha value is -0.340. The smallest absolute Gasteiger partial charge is 0.0645 e. The summed E-state index contributed by atoms with van der Waals surface area (Å²) in [6.45, 7) is 5.69. The third-order valence-corrected chi connectivity index (χ3v) is 1.77. The Bertz CT molecular complexity index is 174. The van der Waals surface area contributed by atoms with E-state index in [0.717, 1.165) is 16.5 Å². The molecule has 0 saturated heterocycles. The minimum absolute atomic E-state index is 0.122. The fraction of sp³-hybridized carbons (Fsp3) is 0.333. The molecule has 0 heterocycles. The highest BCUT2D eigenvalue weighted by Crippen LogP contribution is 2.11. The monoisotopic (exact) mass is 216 g/mol. The highest BCUT2D eigenvalue weighted by Gasteiger charge is 1.91. The van der Waals surface area contributed by atoms with Gasteiger partial charge in [-0.05, 0) is 24.1 Å². The highest BCUT2D eigenvalue weighted by molar-refractivity contribution is 9.11. The number of allylic oxidation sites excluding steroid dienone is 4. The molecule has 0 fully saturated rings. The van der Waals surface area contributed by atoms with Crippen molar-refractivity contribution >= 4 is 15.9 Å². The lowest BCUT2D eigenvalue weighted by Gasteiger charge is -1.97. The first-order chi connectivity index (χ1) is 5.24. The third-order valence-electron chi connectivity index (χ3n) is 1.28. The van der Waals surface area contributed by atoms with Gasteiger partial charge in [0.2, 0.25) is 0 Å². The molecule has 0 unspecified atom stereocenters. The topological polar surface area (TPSA) is 20.2 Å². The molecule has 0 rings (SSSR count). The molecule has 62 valence electrons. The molecule has 0 aromatic rings. The summed E-state index contributed by atoms with van der Waals surface area (Å²) in [4.78, 5) is 0. The minimum Gasteiger partial charge on any atom is -0.392 e. The molecule has 0 aromatic heterocycles. The van der Waals surface area contributed by atoms with Gasteiger partial charge >= 0.3 is 0 Å². The Balaban J connectivity index is 4.25. The molecule has 0 radical (unpaired) electrons. The molecule has 0 bridgehead atoms. The molecule has 1 nitrogen and oxygen atoms in total. The molecule has 0 saturated carbocycles. The number of rotatable bonds is 4. The quantitative estimate of drug-likeness (QED) is 0.718. The van der Waals surface area contributed by atoms with Crippen molar-refractivity contribution in [2.45, 2.75) is 13.3 Å². The van der Waals surface area contributed by atoms with Crippen LogP contribution in [-0.2, 0) is 0 Å². The molecule has 0 atom stereocenters. The molecule has 0 aliphatic rings. The summed E-state index contributed by atoms with van der Waals surface area (Å²) >= 11 is 3.32. The van der Waals surface area contributed by atoms with E-state index in [4.69, 9.17) is 5.11 Å². The van der Waals surface area contributed by atoms with Crippen LogP contribution in [0.15, 0.2) is 34.9 Å². The molecule has 2 heteroatoms. The molecule has 0 aliphatic carbocycles. The van der Waals surface area contributed by atoms with Gasteiger partial charge in [-0.1, -0.05) is 35.5 Å². The fourth-order valence-electron chi connectivity index (χ4n) is 0.615. The lowest BCUT2D eigenvalue weighted by atomic mass is 10.2. The van der Waals surface area contributed by atoms with E-state index in [9.17, 15) is 0 Å². The van der Waals surface area contributed by atoms with E-state index >= 15 is 0 Å². The van der Waals surface area contributed by atoms with Crippen molar-refractivity contribution in [3.05, 3.63) is 34.9 Å². The van der Waals surface area contributed by atoms with Gasteiger partial charge in [-0.2, -0.15) is 0 Å². The van der Waals surface area contributed by atoms with E-state index in [1.165, 1.54) is 0 Å². The lowest BCUT2D eigenvalue weighted by molar-refractivity contribution is 0.327. The standard InChI is InChI=1S/C9H13BrO/c1-3-5-9(10)6-8(4-2)7-11/h3,5-6,11H,1,4,7H2,2H3/b8-6-,9-5+. The van der Waals surface area contributed by atoms with Crippen molar-refractivity contribution in [2.24, 2.45) is 0 Å². The second-order valence-electron chi connectivity index (χ2n) is 2.10. The van der Waals surface area contributed by atoms with Crippen LogP contribution >= 0.6 is 15.9 Å². The average Bonchev–Trinajstić information content (AvgIpc) is 2.01. The van der Waals surface area contributed by atoms with Crippen LogP contribution in [0.1, 0.15) is 13.3 Å². The van der Waals surface area contributed by atoms with Crippen LogP contribution in [0.25, 0.3) is 0 Å². The summed E-state index contributed by atoms with van der Waals surface area (Å²) in [7, 11) is 0. The molecule has 0 amide bonds. The second-order valence-corrected chi connectivity index (χ2v) is 3.02. The normalized spacial score (nSPS) is 13.4. The van der Waals surface area contributed by atoms with Crippen molar-refractivity contribution in [3.63, 3.8) is 0 Å². The maximum absolute atomic E-state index is 8.80. The van der Waals surface area contributed by atoms with Gasteiger partial charge in [0.25, 0.3) is 0 Å². The highest BCUT2D eigenvalue weighted by atomic mass is 79.9. The molecular weight excluding hydrogens is 204 g/mol. The number of aliphatic hydroxyl groups is 1. The summed E-state index contributed by atoms with van der Waals surface area (Å²) in [5, 5.41) is 8.80. The Morgan fingerprint density at radius 2 is 2.27 bits per heavy atom. The van der Waals surface area contributed by atoms with Gasteiger partial charge in [0.05, 0.1) is 6.61 Å². The Kier molecular flexibility index (Phi) is 6.18.